The average Bonchev–Trinajstić information content (AvgIpc) is 2.69. The zero-order chi connectivity index (χ0) is 18.4. The fourth-order valence-corrected chi connectivity index (χ4v) is 2.93. The normalized spacial score (nSPS) is 14.1. The number of carboxylic acids is 1. The van der Waals surface area contributed by atoms with Crippen molar-refractivity contribution >= 4 is 17.6 Å². The third kappa shape index (κ3) is 4.61. The summed E-state index contributed by atoms with van der Waals surface area (Å²) in [7, 11) is 0. The Balaban J connectivity index is 1.51. The minimum absolute atomic E-state index is 0.132. The lowest BCUT2D eigenvalue weighted by molar-refractivity contribution is 0.0696. The van der Waals surface area contributed by atoms with E-state index in [2.05, 4.69) is 10.2 Å². The molecule has 1 saturated heterocycles. The van der Waals surface area contributed by atoms with Crippen molar-refractivity contribution in [1.29, 1.82) is 0 Å². The predicted octanol–water partition coefficient (Wildman–Crippen LogP) is 2.19. The summed E-state index contributed by atoms with van der Waals surface area (Å²) in [6, 6.07) is 14.3. The standard InChI is InChI=1S/C20H22N2O4/c23-19(21-9-8-15-2-1-3-17(14-15)20(24)25)16-4-6-18(7-5-16)22-10-12-26-13-11-22/h1-7,14H,8-13H2,(H,21,23)(H,24,25). The van der Waals surface area contributed by atoms with Crippen LogP contribution >= 0.6 is 0 Å². The monoisotopic (exact) mass is 354 g/mol. The molecule has 2 aromatic carbocycles. The van der Waals surface area contributed by atoms with E-state index in [-0.39, 0.29) is 11.5 Å². The fourth-order valence-electron chi connectivity index (χ4n) is 2.93. The predicted molar refractivity (Wildman–Crippen MR) is 98.9 cm³/mol. The molecule has 136 valence electrons. The molecule has 0 bridgehead atoms. The number of ether oxygens (including phenoxy) is 1. The lowest BCUT2D eigenvalue weighted by atomic mass is 10.1. The summed E-state index contributed by atoms with van der Waals surface area (Å²) in [5, 5.41) is 11.9. The summed E-state index contributed by atoms with van der Waals surface area (Å²) in [5.41, 5.74) is 2.84. The highest BCUT2D eigenvalue weighted by Gasteiger charge is 2.12. The number of morpholine rings is 1. The quantitative estimate of drug-likeness (QED) is 0.831. The van der Waals surface area contributed by atoms with Gasteiger partial charge in [-0.1, -0.05) is 12.1 Å². The average molecular weight is 354 g/mol. The second kappa shape index (κ2) is 8.49. The molecule has 1 fully saturated rings. The van der Waals surface area contributed by atoms with Crippen LogP contribution in [0.1, 0.15) is 26.3 Å². The van der Waals surface area contributed by atoms with Gasteiger partial charge in [0.15, 0.2) is 0 Å². The van der Waals surface area contributed by atoms with E-state index in [4.69, 9.17) is 9.84 Å². The van der Waals surface area contributed by atoms with Gasteiger partial charge in [-0.15, -0.1) is 0 Å². The molecule has 3 rings (SSSR count). The molecule has 6 nitrogen and oxygen atoms in total. The first-order valence-electron chi connectivity index (χ1n) is 8.67. The first kappa shape index (κ1) is 17.9. The van der Waals surface area contributed by atoms with Crippen molar-refractivity contribution in [2.45, 2.75) is 6.42 Å². The van der Waals surface area contributed by atoms with Crippen molar-refractivity contribution in [3.63, 3.8) is 0 Å². The van der Waals surface area contributed by atoms with Gasteiger partial charge in [0.25, 0.3) is 5.91 Å². The number of hydrogen-bond acceptors (Lipinski definition) is 4. The number of benzene rings is 2. The lowest BCUT2D eigenvalue weighted by Gasteiger charge is -2.28. The summed E-state index contributed by atoms with van der Waals surface area (Å²) >= 11 is 0. The van der Waals surface area contributed by atoms with Crippen molar-refractivity contribution in [3.05, 3.63) is 65.2 Å². The number of nitrogens with one attached hydrogen (secondary N) is 1. The third-order valence-corrected chi connectivity index (χ3v) is 4.38. The van der Waals surface area contributed by atoms with Gasteiger partial charge in [-0.25, -0.2) is 4.79 Å². The summed E-state index contributed by atoms with van der Waals surface area (Å²) in [5.74, 6) is -1.08. The van der Waals surface area contributed by atoms with Crippen LogP contribution in [0.25, 0.3) is 0 Å². The molecular formula is C20H22N2O4. The highest BCUT2D eigenvalue weighted by molar-refractivity contribution is 5.94. The van der Waals surface area contributed by atoms with Crippen molar-refractivity contribution in [3.8, 4) is 0 Å². The Morgan fingerprint density at radius 3 is 2.46 bits per heavy atom. The molecule has 2 aromatic rings. The van der Waals surface area contributed by atoms with E-state index in [9.17, 15) is 9.59 Å². The maximum absolute atomic E-state index is 12.3. The van der Waals surface area contributed by atoms with Crippen LogP contribution in [0.15, 0.2) is 48.5 Å². The number of hydrogen-bond donors (Lipinski definition) is 2. The van der Waals surface area contributed by atoms with Crippen molar-refractivity contribution < 1.29 is 19.4 Å². The largest absolute Gasteiger partial charge is 0.478 e. The topological polar surface area (TPSA) is 78.9 Å². The molecule has 6 heteroatoms. The third-order valence-electron chi connectivity index (χ3n) is 4.38. The molecule has 0 unspecified atom stereocenters. The molecule has 1 amide bonds. The number of amides is 1. The van der Waals surface area contributed by atoms with Gasteiger partial charge < -0.3 is 20.1 Å². The second-order valence-corrected chi connectivity index (χ2v) is 6.16. The Morgan fingerprint density at radius 1 is 1.04 bits per heavy atom. The van der Waals surface area contributed by atoms with Gasteiger partial charge >= 0.3 is 5.97 Å². The first-order valence-corrected chi connectivity index (χ1v) is 8.67. The lowest BCUT2D eigenvalue weighted by Crippen LogP contribution is -2.36. The van der Waals surface area contributed by atoms with E-state index in [1.165, 1.54) is 0 Å². The van der Waals surface area contributed by atoms with Gasteiger partial charge in [0.05, 0.1) is 18.8 Å². The smallest absolute Gasteiger partial charge is 0.335 e. The summed E-state index contributed by atoms with van der Waals surface area (Å²) in [6.45, 7) is 3.63. The molecule has 0 spiro atoms. The number of rotatable bonds is 6. The Morgan fingerprint density at radius 2 is 1.77 bits per heavy atom. The SMILES string of the molecule is O=C(O)c1cccc(CCNC(=O)c2ccc(N3CCOCC3)cc2)c1. The van der Waals surface area contributed by atoms with Gasteiger partial charge in [0, 0.05) is 30.9 Å². The molecule has 0 saturated carbocycles. The fraction of sp³-hybridized carbons (Fsp3) is 0.300. The number of nitrogens with zero attached hydrogens (tertiary/aromatic N) is 1. The molecular weight excluding hydrogens is 332 g/mol. The van der Waals surface area contributed by atoms with Gasteiger partial charge in [0.2, 0.25) is 0 Å². The van der Waals surface area contributed by atoms with E-state index in [0.29, 0.717) is 18.5 Å². The van der Waals surface area contributed by atoms with E-state index in [1.54, 1.807) is 18.2 Å². The molecule has 0 atom stereocenters. The van der Waals surface area contributed by atoms with E-state index < -0.39 is 5.97 Å². The van der Waals surface area contributed by atoms with Crippen LogP contribution in [0.2, 0.25) is 0 Å². The van der Waals surface area contributed by atoms with Gasteiger partial charge in [-0.3, -0.25) is 4.79 Å². The Bertz CT molecular complexity index is 768. The maximum Gasteiger partial charge on any atom is 0.335 e. The Labute approximate surface area is 152 Å². The number of carboxylic acid groups (broad SMARTS) is 1. The Kier molecular flexibility index (Phi) is 5.86. The van der Waals surface area contributed by atoms with Crippen LogP contribution in [-0.2, 0) is 11.2 Å². The van der Waals surface area contributed by atoms with Crippen molar-refractivity contribution in [2.75, 3.05) is 37.7 Å². The molecule has 2 N–H and O–H groups in total. The van der Waals surface area contributed by atoms with Gasteiger partial charge in [-0.2, -0.15) is 0 Å². The van der Waals surface area contributed by atoms with E-state index in [0.717, 1.165) is 37.6 Å². The molecule has 0 aliphatic carbocycles. The molecule has 0 aromatic heterocycles. The van der Waals surface area contributed by atoms with Crippen molar-refractivity contribution in [2.24, 2.45) is 0 Å². The number of carbonyl (C=O) groups excluding carboxylic acids is 1. The first-order chi connectivity index (χ1) is 12.6. The number of aromatic carboxylic acids is 1. The number of carbonyl (C=O) groups is 2. The Hall–Kier alpha value is -2.86. The molecule has 1 aliphatic rings. The van der Waals surface area contributed by atoms with E-state index >= 15 is 0 Å². The summed E-state index contributed by atoms with van der Waals surface area (Å²) in [6.07, 6.45) is 0.582. The minimum atomic E-state index is -0.948. The molecule has 1 heterocycles. The maximum atomic E-state index is 12.3. The zero-order valence-electron chi connectivity index (χ0n) is 14.5. The second-order valence-electron chi connectivity index (χ2n) is 6.16. The molecule has 0 radical (unpaired) electrons. The van der Waals surface area contributed by atoms with Gasteiger partial charge in [0.1, 0.15) is 0 Å². The summed E-state index contributed by atoms with van der Waals surface area (Å²) in [4.78, 5) is 25.5. The highest BCUT2D eigenvalue weighted by atomic mass is 16.5. The van der Waals surface area contributed by atoms with Crippen LogP contribution in [0.5, 0.6) is 0 Å². The number of anilines is 1. The van der Waals surface area contributed by atoms with E-state index in [1.807, 2.05) is 30.3 Å². The minimum Gasteiger partial charge on any atom is -0.478 e. The molecule has 26 heavy (non-hydrogen) atoms. The zero-order valence-corrected chi connectivity index (χ0v) is 14.5. The van der Waals surface area contributed by atoms with Gasteiger partial charge in [-0.05, 0) is 48.4 Å². The van der Waals surface area contributed by atoms with Crippen molar-refractivity contribution in [1.82, 2.24) is 5.32 Å². The van der Waals surface area contributed by atoms with Crippen LogP contribution < -0.4 is 10.2 Å². The summed E-state index contributed by atoms with van der Waals surface area (Å²) < 4.78 is 5.35. The highest BCUT2D eigenvalue weighted by Crippen LogP contribution is 2.16. The molecule has 1 aliphatic heterocycles. The van der Waals surface area contributed by atoms with Crippen LogP contribution in [0.4, 0.5) is 5.69 Å². The van der Waals surface area contributed by atoms with Crippen LogP contribution in [0, 0.1) is 0 Å². The van der Waals surface area contributed by atoms with Crippen LogP contribution in [-0.4, -0.2) is 49.8 Å². The van der Waals surface area contributed by atoms with Crippen LogP contribution in [0.3, 0.4) is 0 Å².